The van der Waals surface area contributed by atoms with Crippen molar-refractivity contribution in [1.82, 2.24) is 0 Å². The summed E-state index contributed by atoms with van der Waals surface area (Å²) in [5.74, 6) is 0.822. The standard InChI is InChI=1S/C18H28N2O/c1-4-15-7-5-6-14(3)16(15)20-17(21)18(12-19)10-8-13(2)9-11-18/h5-7,13H,4,8-12,19H2,1-3H3,(H,20,21). The van der Waals surface area contributed by atoms with Gasteiger partial charge in [-0.2, -0.15) is 0 Å². The first-order valence-corrected chi connectivity index (χ1v) is 8.12. The van der Waals surface area contributed by atoms with Crippen LogP contribution in [0.25, 0.3) is 0 Å². The van der Waals surface area contributed by atoms with Gasteiger partial charge in [0.25, 0.3) is 0 Å². The van der Waals surface area contributed by atoms with Crippen LogP contribution in [0.4, 0.5) is 5.69 Å². The summed E-state index contributed by atoms with van der Waals surface area (Å²) < 4.78 is 0. The second-order valence-electron chi connectivity index (χ2n) is 6.58. The highest BCUT2D eigenvalue weighted by Gasteiger charge is 2.40. The molecule has 1 aliphatic carbocycles. The van der Waals surface area contributed by atoms with Gasteiger partial charge in [0, 0.05) is 12.2 Å². The first-order valence-electron chi connectivity index (χ1n) is 8.12. The van der Waals surface area contributed by atoms with Crippen molar-refractivity contribution in [1.29, 1.82) is 0 Å². The van der Waals surface area contributed by atoms with E-state index < -0.39 is 0 Å². The Morgan fingerprint density at radius 1 is 1.38 bits per heavy atom. The zero-order valence-corrected chi connectivity index (χ0v) is 13.5. The number of nitrogens with two attached hydrogens (primary N) is 1. The zero-order valence-electron chi connectivity index (χ0n) is 13.5. The van der Waals surface area contributed by atoms with E-state index in [-0.39, 0.29) is 11.3 Å². The molecule has 0 bridgehead atoms. The van der Waals surface area contributed by atoms with Gasteiger partial charge in [-0.1, -0.05) is 32.0 Å². The molecule has 2 rings (SSSR count). The van der Waals surface area contributed by atoms with Gasteiger partial charge in [0.2, 0.25) is 5.91 Å². The molecular weight excluding hydrogens is 260 g/mol. The summed E-state index contributed by atoms with van der Waals surface area (Å²) in [5.41, 5.74) is 8.91. The Morgan fingerprint density at radius 2 is 2.05 bits per heavy atom. The lowest BCUT2D eigenvalue weighted by atomic mass is 9.70. The minimum Gasteiger partial charge on any atom is -0.329 e. The Hall–Kier alpha value is -1.35. The van der Waals surface area contributed by atoms with Crippen LogP contribution in [-0.2, 0) is 11.2 Å². The van der Waals surface area contributed by atoms with Gasteiger partial charge >= 0.3 is 0 Å². The molecule has 0 heterocycles. The maximum atomic E-state index is 12.9. The van der Waals surface area contributed by atoms with Crippen molar-refractivity contribution in [2.45, 2.75) is 52.9 Å². The van der Waals surface area contributed by atoms with Crippen LogP contribution in [-0.4, -0.2) is 12.5 Å². The van der Waals surface area contributed by atoms with E-state index >= 15 is 0 Å². The van der Waals surface area contributed by atoms with Crippen molar-refractivity contribution in [3.8, 4) is 0 Å². The fourth-order valence-corrected chi connectivity index (χ4v) is 3.29. The molecule has 0 aliphatic heterocycles. The smallest absolute Gasteiger partial charge is 0.231 e. The average molecular weight is 288 g/mol. The van der Waals surface area contributed by atoms with E-state index in [1.54, 1.807) is 0 Å². The number of aryl methyl sites for hydroxylation is 2. The van der Waals surface area contributed by atoms with Crippen LogP contribution in [0.5, 0.6) is 0 Å². The molecule has 3 heteroatoms. The van der Waals surface area contributed by atoms with Gasteiger partial charge in [0.05, 0.1) is 5.41 Å². The van der Waals surface area contributed by atoms with E-state index in [9.17, 15) is 4.79 Å². The third-order valence-electron chi connectivity index (χ3n) is 5.08. The van der Waals surface area contributed by atoms with Crippen molar-refractivity contribution >= 4 is 11.6 Å². The topological polar surface area (TPSA) is 55.1 Å². The zero-order chi connectivity index (χ0) is 15.5. The Labute approximate surface area is 128 Å². The summed E-state index contributed by atoms with van der Waals surface area (Å²) >= 11 is 0. The van der Waals surface area contributed by atoms with Gasteiger partial charge in [-0.05, 0) is 56.1 Å². The normalized spacial score (nSPS) is 25.6. The molecule has 3 N–H and O–H groups in total. The molecular formula is C18H28N2O. The minimum atomic E-state index is -0.375. The molecule has 0 radical (unpaired) electrons. The maximum absolute atomic E-state index is 12.9. The number of anilines is 1. The molecule has 1 aliphatic rings. The van der Waals surface area contributed by atoms with E-state index in [1.165, 1.54) is 5.56 Å². The van der Waals surface area contributed by atoms with Gasteiger partial charge in [-0.25, -0.2) is 0 Å². The van der Waals surface area contributed by atoms with Gasteiger partial charge in [-0.15, -0.1) is 0 Å². The van der Waals surface area contributed by atoms with Gasteiger partial charge in [-0.3, -0.25) is 4.79 Å². The van der Waals surface area contributed by atoms with E-state index in [1.807, 2.05) is 19.1 Å². The fraction of sp³-hybridized carbons (Fsp3) is 0.611. The molecule has 116 valence electrons. The predicted octanol–water partition coefficient (Wildman–Crippen LogP) is 3.65. The fourth-order valence-electron chi connectivity index (χ4n) is 3.29. The molecule has 0 unspecified atom stereocenters. The largest absolute Gasteiger partial charge is 0.329 e. The molecule has 1 aromatic carbocycles. The lowest BCUT2D eigenvalue weighted by Gasteiger charge is -2.37. The van der Waals surface area contributed by atoms with Gasteiger partial charge < -0.3 is 11.1 Å². The van der Waals surface area contributed by atoms with E-state index in [0.29, 0.717) is 12.5 Å². The van der Waals surface area contributed by atoms with Crippen LogP contribution in [0.15, 0.2) is 18.2 Å². The highest BCUT2D eigenvalue weighted by Crippen LogP contribution is 2.39. The Bertz CT molecular complexity index is 502. The quantitative estimate of drug-likeness (QED) is 0.888. The number of nitrogens with one attached hydrogen (secondary N) is 1. The van der Waals surface area contributed by atoms with Crippen molar-refractivity contribution in [2.75, 3.05) is 11.9 Å². The lowest BCUT2D eigenvalue weighted by Crippen LogP contribution is -2.45. The molecule has 0 atom stereocenters. The van der Waals surface area contributed by atoms with Crippen molar-refractivity contribution in [2.24, 2.45) is 17.1 Å². The number of carbonyl (C=O) groups excluding carboxylic acids is 1. The van der Waals surface area contributed by atoms with Crippen LogP contribution in [0.3, 0.4) is 0 Å². The summed E-state index contributed by atoms with van der Waals surface area (Å²) in [6.07, 6.45) is 4.93. The number of para-hydroxylation sites is 1. The highest BCUT2D eigenvalue weighted by molar-refractivity contribution is 5.96. The summed E-state index contributed by atoms with van der Waals surface area (Å²) in [4.78, 5) is 12.9. The maximum Gasteiger partial charge on any atom is 0.231 e. The molecule has 1 fully saturated rings. The van der Waals surface area contributed by atoms with Crippen LogP contribution in [0.2, 0.25) is 0 Å². The minimum absolute atomic E-state index is 0.112. The first kappa shape index (κ1) is 16.0. The SMILES string of the molecule is CCc1cccc(C)c1NC(=O)C1(CN)CCC(C)CC1. The van der Waals surface area contributed by atoms with Crippen molar-refractivity contribution in [3.05, 3.63) is 29.3 Å². The lowest BCUT2D eigenvalue weighted by molar-refractivity contribution is -0.127. The molecule has 3 nitrogen and oxygen atoms in total. The van der Waals surface area contributed by atoms with Crippen molar-refractivity contribution < 1.29 is 4.79 Å². The molecule has 0 aromatic heterocycles. The number of hydrogen-bond acceptors (Lipinski definition) is 2. The predicted molar refractivity (Wildman–Crippen MR) is 88.3 cm³/mol. The second-order valence-corrected chi connectivity index (χ2v) is 6.58. The average Bonchev–Trinajstić information content (AvgIpc) is 2.50. The third kappa shape index (κ3) is 3.29. The Balaban J connectivity index is 2.21. The summed E-state index contributed by atoms with van der Waals surface area (Å²) in [5, 5.41) is 3.19. The second kappa shape index (κ2) is 6.61. The van der Waals surface area contributed by atoms with Crippen LogP contribution >= 0.6 is 0 Å². The van der Waals surface area contributed by atoms with Crippen LogP contribution < -0.4 is 11.1 Å². The number of carbonyl (C=O) groups is 1. The summed E-state index contributed by atoms with van der Waals surface area (Å²) in [7, 11) is 0. The number of amides is 1. The molecule has 21 heavy (non-hydrogen) atoms. The third-order valence-corrected chi connectivity index (χ3v) is 5.08. The molecule has 0 spiro atoms. The number of benzene rings is 1. The Morgan fingerprint density at radius 3 is 2.62 bits per heavy atom. The highest BCUT2D eigenvalue weighted by atomic mass is 16.2. The monoisotopic (exact) mass is 288 g/mol. The van der Waals surface area contributed by atoms with Gasteiger partial charge in [0.1, 0.15) is 0 Å². The van der Waals surface area contributed by atoms with E-state index in [4.69, 9.17) is 5.73 Å². The number of hydrogen-bond donors (Lipinski definition) is 2. The summed E-state index contributed by atoms with van der Waals surface area (Å²) in [6.45, 7) is 6.87. The van der Waals surface area contributed by atoms with Gasteiger partial charge in [0.15, 0.2) is 0 Å². The van der Waals surface area contributed by atoms with Crippen LogP contribution in [0, 0.1) is 18.3 Å². The van der Waals surface area contributed by atoms with Crippen LogP contribution in [0.1, 0.15) is 50.7 Å². The summed E-state index contributed by atoms with van der Waals surface area (Å²) in [6, 6.07) is 6.18. The molecule has 1 aromatic rings. The molecule has 0 saturated heterocycles. The molecule has 1 saturated carbocycles. The first-order chi connectivity index (χ1) is 10.0. The van der Waals surface area contributed by atoms with E-state index in [2.05, 4.69) is 25.2 Å². The van der Waals surface area contributed by atoms with Crippen molar-refractivity contribution in [3.63, 3.8) is 0 Å². The molecule has 1 amide bonds. The Kier molecular flexibility index (Phi) is 5.04. The van der Waals surface area contributed by atoms with E-state index in [0.717, 1.165) is 43.4 Å². The number of rotatable bonds is 4.